The maximum atomic E-state index is 13.2. The molecule has 1 aromatic heterocycles. The predicted molar refractivity (Wildman–Crippen MR) is 73.0 cm³/mol. The summed E-state index contributed by atoms with van der Waals surface area (Å²) in [6, 6.07) is 4.48. The Kier molecular flexibility index (Phi) is 3.30. The van der Waals surface area contributed by atoms with E-state index in [1.807, 2.05) is 6.92 Å². The third-order valence-electron chi connectivity index (χ3n) is 2.95. The first kappa shape index (κ1) is 12.9. The fourth-order valence-electron chi connectivity index (χ4n) is 1.90. The molecule has 6 heteroatoms. The highest BCUT2D eigenvalue weighted by Gasteiger charge is 2.15. The van der Waals surface area contributed by atoms with Crippen LogP contribution in [0.3, 0.4) is 0 Å². The van der Waals surface area contributed by atoms with Crippen LogP contribution in [0.5, 0.6) is 0 Å². The number of nitrogens with one attached hydrogen (secondary N) is 1. The lowest BCUT2D eigenvalue weighted by Crippen LogP contribution is -2.20. The van der Waals surface area contributed by atoms with E-state index in [-0.39, 0.29) is 11.4 Å². The Bertz CT molecular complexity index is 660. The van der Waals surface area contributed by atoms with Gasteiger partial charge in [0.1, 0.15) is 11.5 Å². The third kappa shape index (κ3) is 1.86. The molecule has 0 unspecified atom stereocenters. The number of aromatic nitrogens is 2. The monoisotopic (exact) mass is 313 g/mol. The number of halogens is 2. The van der Waals surface area contributed by atoms with Crippen LogP contribution in [0, 0.1) is 12.7 Å². The van der Waals surface area contributed by atoms with Crippen molar-refractivity contribution in [2.24, 2.45) is 7.05 Å². The van der Waals surface area contributed by atoms with Gasteiger partial charge in [0, 0.05) is 14.1 Å². The van der Waals surface area contributed by atoms with Crippen LogP contribution in [0.25, 0.3) is 5.69 Å². The molecule has 1 aromatic carbocycles. The molecule has 0 aliphatic rings. The maximum absolute atomic E-state index is 13.2. The van der Waals surface area contributed by atoms with Crippen molar-refractivity contribution in [2.75, 3.05) is 12.4 Å². The lowest BCUT2D eigenvalue weighted by Gasteiger charge is -2.08. The van der Waals surface area contributed by atoms with Gasteiger partial charge in [-0.3, -0.25) is 9.48 Å². The zero-order valence-electron chi connectivity index (χ0n) is 10.3. The van der Waals surface area contributed by atoms with Crippen molar-refractivity contribution in [1.29, 1.82) is 0 Å². The van der Waals surface area contributed by atoms with Gasteiger partial charge in [-0.1, -0.05) is 0 Å². The normalized spacial score (nSPS) is 10.7. The van der Waals surface area contributed by atoms with E-state index in [2.05, 4.69) is 21.2 Å². The smallest absolute Gasteiger partial charge is 0.295 e. The molecule has 0 aliphatic carbocycles. The van der Waals surface area contributed by atoms with Gasteiger partial charge in [0.2, 0.25) is 0 Å². The molecule has 96 valence electrons. The van der Waals surface area contributed by atoms with Crippen molar-refractivity contribution >= 4 is 21.6 Å². The van der Waals surface area contributed by atoms with Crippen molar-refractivity contribution in [3.05, 3.63) is 44.5 Å². The molecule has 2 aromatic rings. The molecule has 1 N–H and O–H groups in total. The number of hydrogen-bond acceptors (Lipinski definition) is 2. The summed E-state index contributed by atoms with van der Waals surface area (Å²) in [7, 11) is 3.49. The van der Waals surface area contributed by atoms with Crippen molar-refractivity contribution in [1.82, 2.24) is 9.36 Å². The number of hydrogen-bond donors (Lipinski definition) is 1. The van der Waals surface area contributed by atoms with E-state index in [1.54, 1.807) is 30.9 Å². The Balaban J connectivity index is 2.71. The number of anilines is 1. The van der Waals surface area contributed by atoms with E-state index < -0.39 is 0 Å². The average molecular weight is 314 g/mol. The Morgan fingerprint density at radius 2 is 2.06 bits per heavy atom. The van der Waals surface area contributed by atoms with Crippen LogP contribution in [-0.2, 0) is 7.05 Å². The van der Waals surface area contributed by atoms with Crippen LogP contribution in [0.2, 0.25) is 0 Å². The van der Waals surface area contributed by atoms with Crippen molar-refractivity contribution < 1.29 is 4.39 Å². The van der Waals surface area contributed by atoms with Gasteiger partial charge in [-0.15, -0.1) is 0 Å². The van der Waals surface area contributed by atoms with Gasteiger partial charge in [-0.25, -0.2) is 9.07 Å². The fourth-order valence-corrected chi connectivity index (χ4v) is 2.27. The van der Waals surface area contributed by atoms with Gasteiger partial charge in [-0.2, -0.15) is 0 Å². The van der Waals surface area contributed by atoms with E-state index >= 15 is 0 Å². The minimum absolute atomic E-state index is 0.156. The second kappa shape index (κ2) is 4.61. The zero-order valence-corrected chi connectivity index (χ0v) is 11.9. The molecule has 0 amide bonds. The molecule has 18 heavy (non-hydrogen) atoms. The highest BCUT2D eigenvalue weighted by molar-refractivity contribution is 9.10. The fraction of sp³-hybridized carbons (Fsp3) is 0.250. The van der Waals surface area contributed by atoms with Crippen LogP contribution in [0.1, 0.15) is 5.69 Å². The Hall–Kier alpha value is -1.56. The Labute approximate surface area is 112 Å². The molecule has 0 spiro atoms. The molecule has 0 aliphatic heterocycles. The van der Waals surface area contributed by atoms with E-state index in [4.69, 9.17) is 0 Å². The van der Waals surface area contributed by atoms with E-state index in [1.165, 1.54) is 10.7 Å². The summed E-state index contributed by atoms with van der Waals surface area (Å²) < 4.78 is 16.8. The summed E-state index contributed by atoms with van der Waals surface area (Å²) >= 11 is 3.12. The van der Waals surface area contributed by atoms with E-state index in [9.17, 15) is 9.18 Å². The highest BCUT2D eigenvalue weighted by Crippen LogP contribution is 2.20. The van der Waals surface area contributed by atoms with Crippen LogP contribution in [0.4, 0.5) is 10.1 Å². The number of rotatable bonds is 2. The van der Waals surface area contributed by atoms with Crippen LogP contribution >= 0.6 is 15.9 Å². The van der Waals surface area contributed by atoms with Crippen molar-refractivity contribution in [3.63, 3.8) is 0 Å². The molecular formula is C12H13BrFN3O. The molecule has 0 radical (unpaired) electrons. The van der Waals surface area contributed by atoms with E-state index in [0.717, 1.165) is 5.69 Å². The van der Waals surface area contributed by atoms with Crippen LogP contribution in [-0.4, -0.2) is 16.4 Å². The largest absolute Gasteiger partial charge is 0.382 e. The quantitative estimate of drug-likeness (QED) is 0.925. The second-order valence-corrected chi connectivity index (χ2v) is 4.80. The average Bonchev–Trinajstić information content (AvgIpc) is 2.54. The van der Waals surface area contributed by atoms with Gasteiger partial charge in [0.15, 0.2) is 0 Å². The molecular weight excluding hydrogens is 301 g/mol. The minimum atomic E-state index is -0.355. The summed E-state index contributed by atoms with van der Waals surface area (Å²) in [6.07, 6.45) is 0. The molecule has 2 rings (SSSR count). The van der Waals surface area contributed by atoms with Crippen molar-refractivity contribution in [2.45, 2.75) is 6.92 Å². The topological polar surface area (TPSA) is 39.0 Å². The Morgan fingerprint density at radius 3 is 2.56 bits per heavy atom. The van der Waals surface area contributed by atoms with Gasteiger partial charge in [-0.05, 0) is 41.1 Å². The number of nitrogens with zero attached hydrogens (tertiary/aromatic N) is 2. The molecule has 4 nitrogen and oxygen atoms in total. The first-order chi connectivity index (χ1) is 8.47. The van der Waals surface area contributed by atoms with Gasteiger partial charge in [0.05, 0.1) is 15.9 Å². The lowest BCUT2D eigenvalue weighted by molar-refractivity contribution is 0.610. The van der Waals surface area contributed by atoms with Gasteiger partial charge >= 0.3 is 0 Å². The molecule has 0 saturated heterocycles. The standard InChI is InChI=1S/C12H13BrFN3O/c1-7-11(15-2)12(18)17(16(7)3)8-4-5-10(14)9(13)6-8/h4-6,15H,1-3H3. The molecule has 0 fully saturated rings. The summed E-state index contributed by atoms with van der Waals surface area (Å²) in [5, 5.41) is 2.88. The molecule has 0 atom stereocenters. The zero-order chi connectivity index (χ0) is 13.4. The summed E-state index contributed by atoms with van der Waals surface area (Å²) in [6.45, 7) is 1.85. The highest BCUT2D eigenvalue weighted by atomic mass is 79.9. The summed E-state index contributed by atoms with van der Waals surface area (Å²) in [5.74, 6) is -0.355. The summed E-state index contributed by atoms with van der Waals surface area (Å²) in [5.41, 5.74) is 1.82. The number of benzene rings is 1. The van der Waals surface area contributed by atoms with E-state index in [0.29, 0.717) is 15.8 Å². The second-order valence-electron chi connectivity index (χ2n) is 3.95. The van der Waals surface area contributed by atoms with Crippen molar-refractivity contribution in [3.8, 4) is 5.69 Å². The molecule has 0 saturated carbocycles. The summed E-state index contributed by atoms with van der Waals surface area (Å²) in [4.78, 5) is 12.2. The SMILES string of the molecule is CNc1c(C)n(C)n(-c2ccc(F)c(Br)c2)c1=O. The molecule has 0 bridgehead atoms. The lowest BCUT2D eigenvalue weighted by atomic mass is 10.3. The van der Waals surface area contributed by atoms with Gasteiger partial charge in [0.25, 0.3) is 5.56 Å². The Morgan fingerprint density at radius 1 is 1.39 bits per heavy atom. The maximum Gasteiger partial charge on any atom is 0.295 e. The van der Waals surface area contributed by atoms with Crippen LogP contribution in [0.15, 0.2) is 27.5 Å². The minimum Gasteiger partial charge on any atom is -0.382 e. The predicted octanol–water partition coefficient (Wildman–Crippen LogP) is 2.43. The third-order valence-corrected chi connectivity index (χ3v) is 3.56. The first-order valence-electron chi connectivity index (χ1n) is 5.39. The van der Waals surface area contributed by atoms with Gasteiger partial charge < -0.3 is 5.32 Å². The van der Waals surface area contributed by atoms with Crippen LogP contribution < -0.4 is 10.9 Å². The molecule has 1 heterocycles. The first-order valence-corrected chi connectivity index (χ1v) is 6.18.